The van der Waals surface area contributed by atoms with Crippen molar-refractivity contribution in [2.24, 2.45) is 0 Å². The Balaban J connectivity index is 1.84. The molecule has 2 aromatic rings. The first-order valence-electron chi connectivity index (χ1n) is 5.69. The highest BCUT2D eigenvalue weighted by Crippen LogP contribution is 2.37. The molecule has 1 saturated carbocycles. The van der Waals surface area contributed by atoms with Gasteiger partial charge in [0.1, 0.15) is 5.69 Å². The van der Waals surface area contributed by atoms with Crippen molar-refractivity contribution in [2.75, 3.05) is 5.32 Å². The average molecular weight is 307 g/mol. The summed E-state index contributed by atoms with van der Waals surface area (Å²) in [4.78, 5) is 20.1. The largest absolute Gasteiger partial charge is 0.339 e. The molecule has 0 aromatic carbocycles. The molecule has 18 heavy (non-hydrogen) atoms. The zero-order chi connectivity index (χ0) is 12.5. The van der Waals surface area contributed by atoms with E-state index in [4.69, 9.17) is 0 Å². The smallest absolute Gasteiger partial charge is 0.273 e. The lowest BCUT2D eigenvalue weighted by Gasteiger charge is -2.07. The van der Waals surface area contributed by atoms with Crippen LogP contribution in [0.2, 0.25) is 0 Å². The molecule has 0 atom stereocenters. The number of rotatable bonds is 3. The number of anilines is 1. The number of hydrogen-bond donors (Lipinski definition) is 1. The van der Waals surface area contributed by atoms with Gasteiger partial charge < -0.3 is 9.88 Å². The predicted molar refractivity (Wildman–Crippen MR) is 70.4 cm³/mol. The van der Waals surface area contributed by atoms with E-state index in [-0.39, 0.29) is 5.91 Å². The standard InChI is InChI=1S/C12H11BrN4O/c13-8-5-10(17(7-8)9-1-2-9)12(18)16-11-6-14-3-4-15-11/h3-7,9H,1-2H2,(H,15,16,18). The summed E-state index contributed by atoms with van der Waals surface area (Å²) in [7, 11) is 0. The van der Waals surface area contributed by atoms with Crippen molar-refractivity contribution in [1.82, 2.24) is 14.5 Å². The number of carbonyl (C=O) groups excluding carboxylic acids is 1. The summed E-state index contributed by atoms with van der Waals surface area (Å²) in [6, 6.07) is 2.28. The van der Waals surface area contributed by atoms with Gasteiger partial charge in [0.05, 0.1) is 6.20 Å². The molecule has 6 heteroatoms. The number of hydrogen-bond acceptors (Lipinski definition) is 3. The summed E-state index contributed by atoms with van der Waals surface area (Å²) < 4.78 is 2.93. The van der Waals surface area contributed by atoms with E-state index in [0.717, 1.165) is 17.3 Å². The van der Waals surface area contributed by atoms with E-state index in [0.29, 0.717) is 17.6 Å². The minimum atomic E-state index is -0.159. The summed E-state index contributed by atoms with van der Waals surface area (Å²) in [6.07, 6.45) is 8.85. The molecule has 1 aliphatic carbocycles. The van der Waals surface area contributed by atoms with Crippen LogP contribution in [0.3, 0.4) is 0 Å². The minimum Gasteiger partial charge on any atom is -0.339 e. The van der Waals surface area contributed by atoms with Gasteiger partial charge in [-0.05, 0) is 34.8 Å². The highest BCUT2D eigenvalue weighted by atomic mass is 79.9. The van der Waals surface area contributed by atoms with Crippen LogP contribution in [-0.4, -0.2) is 20.4 Å². The van der Waals surface area contributed by atoms with E-state index >= 15 is 0 Å². The number of nitrogens with one attached hydrogen (secondary N) is 1. The summed E-state index contributed by atoms with van der Waals surface area (Å²) >= 11 is 3.40. The fourth-order valence-electron chi connectivity index (χ4n) is 1.83. The normalized spacial score (nSPS) is 14.5. The molecule has 1 aliphatic rings. The van der Waals surface area contributed by atoms with E-state index < -0.39 is 0 Å². The monoisotopic (exact) mass is 306 g/mol. The van der Waals surface area contributed by atoms with Gasteiger partial charge in [-0.2, -0.15) is 0 Å². The number of nitrogens with zero attached hydrogens (tertiary/aromatic N) is 3. The van der Waals surface area contributed by atoms with Crippen LogP contribution in [0, 0.1) is 0 Å². The third-order valence-corrected chi connectivity index (χ3v) is 3.23. The van der Waals surface area contributed by atoms with E-state index in [1.807, 2.05) is 16.8 Å². The molecule has 0 radical (unpaired) electrons. The number of amides is 1. The van der Waals surface area contributed by atoms with E-state index in [1.54, 1.807) is 12.4 Å². The molecule has 0 aliphatic heterocycles. The third kappa shape index (κ3) is 2.28. The average Bonchev–Trinajstić information content (AvgIpc) is 3.13. The molecule has 3 rings (SSSR count). The van der Waals surface area contributed by atoms with Crippen molar-refractivity contribution in [3.63, 3.8) is 0 Å². The summed E-state index contributed by atoms with van der Waals surface area (Å²) in [5, 5.41) is 2.74. The van der Waals surface area contributed by atoms with Crippen LogP contribution in [0.4, 0.5) is 5.82 Å². The molecule has 0 saturated heterocycles. The molecule has 1 amide bonds. The second-order valence-corrected chi connectivity index (χ2v) is 5.14. The lowest BCUT2D eigenvalue weighted by Crippen LogP contribution is -2.17. The number of aromatic nitrogens is 3. The van der Waals surface area contributed by atoms with Crippen molar-refractivity contribution in [2.45, 2.75) is 18.9 Å². The van der Waals surface area contributed by atoms with E-state index in [1.165, 1.54) is 6.20 Å². The maximum absolute atomic E-state index is 12.2. The molecule has 2 aromatic heterocycles. The fraction of sp³-hybridized carbons (Fsp3) is 0.250. The van der Waals surface area contributed by atoms with Crippen molar-refractivity contribution in [1.29, 1.82) is 0 Å². The topological polar surface area (TPSA) is 59.8 Å². The Morgan fingerprint density at radius 3 is 2.94 bits per heavy atom. The molecular weight excluding hydrogens is 296 g/mol. The van der Waals surface area contributed by atoms with Gasteiger partial charge in [-0.25, -0.2) is 4.98 Å². The first-order valence-corrected chi connectivity index (χ1v) is 6.48. The quantitative estimate of drug-likeness (QED) is 0.948. The van der Waals surface area contributed by atoms with Crippen molar-refractivity contribution in [3.8, 4) is 0 Å². The second kappa shape index (κ2) is 4.53. The molecule has 5 nitrogen and oxygen atoms in total. The Labute approximate surface area is 112 Å². The molecule has 0 unspecified atom stereocenters. The van der Waals surface area contributed by atoms with Crippen molar-refractivity contribution in [3.05, 3.63) is 41.0 Å². The summed E-state index contributed by atoms with van der Waals surface area (Å²) in [6.45, 7) is 0. The Hall–Kier alpha value is -1.69. The van der Waals surface area contributed by atoms with Gasteiger partial charge in [-0.15, -0.1) is 0 Å². The molecule has 2 heterocycles. The maximum atomic E-state index is 12.2. The van der Waals surface area contributed by atoms with Gasteiger partial charge in [-0.1, -0.05) is 0 Å². The fourth-order valence-corrected chi connectivity index (χ4v) is 2.26. The Bertz CT molecular complexity index is 577. The van der Waals surface area contributed by atoms with Gasteiger partial charge in [-0.3, -0.25) is 9.78 Å². The number of halogens is 1. The van der Waals surface area contributed by atoms with E-state index in [2.05, 4.69) is 31.2 Å². The second-order valence-electron chi connectivity index (χ2n) is 4.23. The molecule has 0 spiro atoms. The summed E-state index contributed by atoms with van der Waals surface area (Å²) in [5.74, 6) is 0.301. The van der Waals surface area contributed by atoms with Crippen LogP contribution in [0.1, 0.15) is 29.4 Å². The lowest BCUT2D eigenvalue weighted by atomic mass is 10.4. The molecular formula is C12H11BrN4O. The summed E-state index contributed by atoms with van der Waals surface area (Å²) in [5.41, 5.74) is 0.648. The number of carbonyl (C=O) groups is 1. The zero-order valence-corrected chi connectivity index (χ0v) is 11.1. The van der Waals surface area contributed by atoms with Gasteiger partial charge in [0.15, 0.2) is 5.82 Å². The minimum absolute atomic E-state index is 0.159. The predicted octanol–water partition coefficient (Wildman–Crippen LogP) is 2.63. The third-order valence-electron chi connectivity index (χ3n) is 2.79. The molecule has 1 N–H and O–H groups in total. The SMILES string of the molecule is O=C(Nc1cnccn1)c1cc(Br)cn1C1CC1. The highest BCUT2D eigenvalue weighted by molar-refractivity contribution is 9.10. The highest BCUT2D eigenvalue weighted by Gasteiger charge is 2.27. The van der Waals surface area contributed by atoms with Crippen LogP contribution in [0.25, 0.3) is 0 Å². The molecule has 1 fully saturated rings. The molecule has 92 valence electrons. The Kier molecular flexibility index (Phi) is 2.87. The van der Waals surface area contributed by atoms with E-state index in [9.17, 15) is 4.79 Å². The van der Waals surface area contributed by atoms with Crippen molar-refractivity contribution >= 4 is 27.7 Å². The van der Waals surface area contributed by atoms with Crippen LogP contribution in [0.5, 0.6) is 0 Å². The Morgan fingerprint density at radius 1 is 1.44 bits per heavy atom. The van der Waals surface area contributed by atoms with Crippen LogP contribution in [-0.2, 0) is 0 Å². The van der Waals surface area contributed by atoms with Crippen LogP contribution < -0.4 is 5.32 Å². The zero-order valence-electron chi connectivity index (χ0n) is 9.51. The first kappa shape index (κ1) is 11.4. The van der Waals surface area contributed by atoms with Crippen LogP contribution >= 0.6 is 15.9 Å². The first-order chi connectivity index (χ1) is 8.74. The van der Waals surface area contributed by atoms with Gasteiger partial charge in [0, 0.05) is 29.1 Å². The maximum Gasteiger partial charge on any atom is 0.273 e. The van der Waals surface area contributed by atoms with Gasteiger partial charge in [0.25, 0.3) is 5.91 Å². The van der Waals surface area contributed by atoms with Gasteiger partial charge in [0.2, 0.25) is 0 Å². The van der Waals surface area contributed by atoms with Crippen molar-refractivity contribution < 1.29 is 4.79 Å². The Morgan fingerprint density at radius 2 is 2.28 bits per heavy atom. The molecule has 0 bridgehead atoms. The lowest BCUT2D eigenvalue weighted by molar-refractivity contribution is 0.101. The van der Waals surface area contributed by atoms with Gasteiger partial charge >= 0.3 is 0 Å². The van der Waals surface area contributed by atoms with Crippen LogP contribution in [0.15, 0.2) is 35.3 Å².